The standard InChI is InChI=1S/C15H26N2O2/c1-4-17(5-2)14-8-6-13(7-9-14)10-16-15(3,11-18)12-19/h6-9,16,18-19H,4-5,10-12H2,1-3H3. The van der Waals surface area contributed by atoms with Gasteiger partial charge in [-0.25, -0.2) is 0 Å². The molecule has 0 unspecified atom stereocenters. The van der Waals surface area contributed by atoms with Gasteiger partial charge < -0.3 is 20.4 Å². The summed E-state index contributed by atoms with van der Waals surface area (Å²) < 4.78 is 0. The monoisotopic (exact) mass is 266 g/mol. The summed E-state index contributed by atoms with van der Waals surface area (Å²) in [7, 11) is 0. The average Bonchev–Trinajstić information content (AvgIpc) is 2.47. The molecule has 19 heavy (non-hydrogen) atoms. The Morgan fingerprint density at radius 2 is 1.58 bits per heavy atom. The van der Waals surface area contributed by atoms with E-state index in [1.807, 2.05) is 0 Å². The van der Waals surface area contributed by atoms with Crippen molar-refractivity contribution in [3.63, 3.8) is 0 Å². The van der Waals surface area contributed by atoms with Crippen LogP contribution < -0.4 is 10.2 Å². The molecule has 0 aliphatic rings. The number of aliphatic hydroxyl groups excluding tert-OH is 2. The predicted molar refractivity (Wildman–Crippen MR) is 79.4 cm³/mol. The normalized spacial score (nSPS) is 11.6. The Morgan fingerprint density at radius 3 is 2.00 bits per heavy atom. The van der Waals surface area contributed by atoms with E-state index >= 15 is 0 Å². The lowest BCUT2D eigenvalue weighted by Gasteiger charge is -2.26. The smallest absolute Gasteiger partial charge is 0.0633 e. The first kappa shape index (κ1) is 16.0. The topological polar surface area (TPSA) is 55.7 Å². The first-order valence-corrected chi connectivity index (χ1v) is 6.89. The lowest BCUT2D eigenvalue weighted by molar-refractivity contribution is 0.103. The van der Waals surface area contributed by atoms with Gasteiger partial charge in [0.05, 0.1) is 18.8 Å². The van der Waals surface area contributed by atoms with Crippen LogP contribution in [0.15, 0.2) is 24.3 Å². The quantitative estimate of drug-likeness (QED) is 0.665. The van der Waals surface area contributed by atoms with Gasteiger partial charge in [-0.2, -0.15) is 0 Å². The molecule has 0 aromatic heterocycles. The summed E-state index contributed by atoms with van der Waals surface area (Å²) in [6.07, 6.45) is 0. The Labute approximate surface area is 116 Å². The Kier molecular flexibility index (Phi) is 6.28. The number of hydrogen-bond acceptors (Lipinski definition) is 4. The van der Waals surface area contributed by atoms with E-state index in [2.05, 4.69) is 48.3 Å². The third kappa shape index (κ3) is 4.49. The van der Waals surface area contributed by atoms with Gasteiger partial charge in [0, 0.05) is 25.3 Å². The second kappa shape index (κ2) is 7.48. The van der Waals surface area contributed by atoms with Gasteiger partial charge in [-0.15, -0.1) is 0 Å². The van der Waals surface area contributed by atoms with Crippen molar-refractivity contribution in [3.8, 4) is 0 Å². The molecule has 0 atom stereocenters. The molecule has 108 valence electrons. The number of hydrogen-bond donors (Lipinski definition) is 3. The van der Waals surface area contributed by atoms with Crippen molar-refractivity contribution in [3.05, 3.63) is 29.8 Å². The molecule has 0 saturated heterocycles. The molecule has 1 aromatic carbocycles. The second-order valence-corrected chi connectivity index (χ2v) is 5.07. The fourth-order valence-corrected chi connectivity index (χ4v) is 1.89. The van der Waals surface area contributed by atoms with Crippen LogP contribution in [0.1, 0.15) is 26.3 Å². The number of anilines is 1. The fraction of sp³-hybridized carbons (Fsp3) is 0.600. The number of rotatable bonds is 8. The van der Waals surface area contributed by atoms with Crippen LogP contribution >= 0.6 is 0 Å². The lowest BCUT2D eigenvalue weighted by Crippen LogP contribution is -2.48. The molecule has 0 saturated carbocycles. The van der Waals surface area contributed by atoms with E-state index in [9.17, 15) is 10.2 Å². The van der Waals surface area contributed by atoms with E-state index in [0.717, 1.165) is 18.7 Å². The molecule has 0 bridgehead atoms. The molecular formula is C15H26N2O2. The zero-order chi connectivity index (χ0) is 14.3. The Morgan fingerprint density at radius 1 is 1.05 bits per heavy atom. The highest BCUT2D eigenvalue weighted by Crippen LogP contribution is 2.15. The first-order valence-electron chi connectivity index (χ1n) is 6.89. The van der Waals surface area contributed by atoms with Gasteiger partial charge in [0.25, 0.3) is 0 Å². The zero-order valence-electron chi connectivity index (χ0n) is 12.2. The van der Waals surface area contributed by atoms with Crippen LogP contribution in [-0.2, 0) is 6.54 Å². The number of nitrogens with one attached hydrogen (secondary N) is 1. The molecule has 1 aromatic rings. The van der Waals surface area contributed by atoms with Gasteiger partial charge in [0.1, 0.15) is 0 Å². The summed E-state index contributed by atoms with van der Waals surface area (Å²) in [5.74, 6) is 0. The molecule has 0 fully saturated rings. The van der Waals surface area contributed by atoms with Crippen molar-refractivity contribution in [2.75, 3.05) is 31.2 Å². The van der Waals surface area contributed by atoms with Gasteiger partial charge in [0.2, 0.25) is 0 Å². The third-order valence-corrected chi connectivity index (χ3v) is 3.48. The van der Waals surface area contributed by atoms with E-state index in [1.54, 1.807) is 6.92 Å². The average molecular weight is 266 g/mol. The first-order chi connectivity index (χ1) is 9.08. The van der Waals surface area contributed by atoms with Crippen LogP contribution in [0.3, 0.4) is 0 Å². The lowest BCUT2D eigenvalue weighted by atomic mass is 10.0. The van der Waals surface area contributed by atoms with E-state index in [0.29, 0.717) is 6.54 Å². The summed E-state index contributed by atoms with van der Waals surface area (Å²) in [4.78, 5) is 2.29. The maximum absolute atomic E-state index is 9.21. The largest absolute Gasteiger partial charge is 0.394 e. The SMILES string of the molecule is CCN(CC)c1ccc(CNC(C)(CO)CO)cc1. The van der Waals surface area contributed by atoms with Crippen LogP contribution in [0.4, 0.5) is 5.69 Å². The highest BCUT2D eigenvalue weighted by Gasteiger charge is 2.20. The highest BCUT2D eigenvalue weighted by atomic mass is 16.3. The van der Waals surface area contributed by atoms with Gasteiger partial charge in [0.15, 0.2) is 0 Å². The molecular weight excluding hydrogens is 240 g/mol. The van der Waals surface area contributed by atoms with Gasteiger partial charge in [-0.3, -0.25) is 0 Å². The van der Waals surface area contributed by atoms with E-state index in [1.165, 1.54) is 5.69 Å². The van der Waals surface area contributed by atoms with Crippen molar-refractivity contribution >= 4 is 5.69 Å². The van der Waals surface area contributed by atoms with Crippen LogP contribution in [0.2, 0.25) is 0 Å². The number of aliphatic hydroxyl groups is 2. The summed E-state index contributed by atoms with van der Waals surface area (Å²) in [5.41, 5.74) is 1.74. The van der Waals surface area contributed by atoms with E-state index in [-0.39, 0.29) is 13.2 Å². The molecule has 4 heteroatoms. The van der Waals surface area contributed by atoms with Crippen LogP contribution in [0.5, 0.6) is 0 Å². The molecule has 4 nitrogen and oxygen atoms in total. The maximum atomic E-state index is 9.21. The molecule has 3 N–H and O–H groups in total. The third-order valence-electron chi connectivity index (χ3n) is 3.48. The van der Waals surface area contributed by atoms with Gasteiger partial charge in [-0.1, -0.05) is 12.1 Å². The predicted octanol–water partition coefficient (Wildman–Crippen LogP) is 1.37. The Bertz CT molecular complexity index is 357. The summed E-state index contributed by atoms with van der Waals surface area (Å²) >= 11 is 0. The van der Waals surface area contributed by atoms with Crippen LogP contribution in [0.25, 0.3) is 0 Å². The minimum Gasteiger partial charge on any atom is -0.394 e. The summed E-state index contributed by atoms with van der Waals surface area (Å²) in [6, 6.07) is 8.38. The van der Waals surface area contributed by atoms with Crippen molar-refractivity contribution in [2.24, 2.45) is 0 Å². The van der Waals surface area contributed by atoms with Crippen molar-refractivity contribution in [2.45, 2.75) is 32.9 Å². The van der Waals surface area contributed by atoms with Gasteiger partial charge in [-0.05, 0) is 38.5 Å². The molecule has 0 radical (unpaired) electrons. The number of nitrogens with zero attached hydrogens (tertiary/aromatic N) is 1. The van der Waals surface area contributed by atoms with Crippen molar-refractivity contribution in [1.29, 1.82) is 0 Å². The number of benzene rings is 1. The van der Waals surface area contributed by atoms with Crippen molar-refractivity contribution < 1.29 is 10.2 Å². The minimum absolute atomic E-state index is 0.0823. The van der Waals surface area contributed by atoms with Gasteiger partial charge >= 0.3 is 0 Å². The Hall–Kier alpha value is -1.10. The summed E-state index contributed by atoms with van der Waals surface area (Å²) in [5, 5.41) is 21.6. The zero-order valence-corrected chi connectivity index (χ0v) is 12.2. The summed E-state index contributed by atoms with van der Waals surface area (Å²) in [6.45, 7) is 8.57. The minimum atomic E-state index is -0.627. The second-order valence-electron chi connectivity index (χ2n) is 5.07. The molecule has 0 spiro atoms. The molecule has 0 aliphatic carbocycles. The van der Waals surface area contributed by atoms with E-state index < -0.39 is 5.54 Å². The fourth-order valence-electron chi connectivity index (χ4n) is 1.89. The van der Waals surface area contributed by atoms with Crippen LogP contribution in [0, 0.1) is 0 Å². The molecule has 0 heterocycles. The molecule has 1 rings (SSSR count). The molecule has 0 amide bonds. The maximum Gasteiger partial charge on any atom is 0.0633 e. The van der Waals surface area contributed by atoms with Crippen LogP contribution in [-0.4, -0.2) is 42.1 Å². The van der Waals surface area contributed by atoms with E-state index in [4.69, 9.17) is 0 Å². The van der Waals surface area contributed by atoms with Crippen molar-refractivity contribution in [1.82, 2.24) is 5.32 Å². The molecule has 0 aliphatic heterocycles. The highest BCUT2D eigenvalue weighted by molar-refractivity contribution is 5.47. The Balaban J connectivity index is 2.62.